The van der Waals surface area contributed by atoms with Crippen molar-refractivity contribution in [2.75, 3.05) is 6.54 Å². The van der Waals surface area contributed by atoms with E-state index in [1.165, 1.54) is 4.72 Å². The first-order valence-electron chi connectivity index (χ1n) is 4.35. The highest BCUT2D eigenvalue weighted by atomic mass is 35.5. The van der Waals surface area contributed by atoms with E-state index in [1.807, 2.05) is 0 Å². The lowest BCUT2D eigenvalue weighted by atomic mass is 10.4. The van der Waals surface area contributed by atoms with E-state index in [0.717, 1.165) is 0 Å². The molecule has 0 aromatic carbocycles. The van der Waals surface area contributed by atoms with Crippen molar-refractivity contribution < 1.29 is 17.8 Å². The van der Waals surface area contributed by atoms with Gasteiger partial charge in [-0.2, -0.15) is 13.4 Å². The molecule has 12 heteroatoms. The van der Waals surface area contributed by atoms with Crippen LogP contribution in [0.3, 0.4) is 0 Å². The lowest BCUT2D eigenvalue weighted by Crippen LogP contribution is -2.39. The number of carbonyl (C=O) groups is 1. The summed E-state index contributed by atoms with van der Waals surface area (Å²) in [5, 5.41) is 1.97. The molecule has 3 N–H and O–H groups in total. The number of aromatic nitrogens is 3. The van der Waals surface area contributed by atoms with Gasteiger partial charge in [-0.3, -0.25) is 4.55 Å². The van der Waals surface area contributed by atoms with E-state index in [0.29, 0.717) is 0 Å². The molecule has 1 aromatic heterocycles. The van der Waals surface area contributed by atoms with Gasteiger partial charge in [0.15, 0.2) is 0 Å². The van der Waals surface area contributed by atoms with Gasteiger partial charge >= 0.3 is 16.3 Å². The fourth-order valence-corrected chi connectivity index (χ4v) is 1.62. The normalized spacial score (nSPS) is 11.1. The number of halogens is 2. The minimum Gasteiger partial charge on any atom is -0.337 e. The van der Waals surface area contributed by atoms with Crippen LogP contribution < -0.4 is 10.0 Å². The van der Waals surface area contributed by atoms with E-state index in [4.69, 9.17) is 27.8 Å². The third kappa shape index (κ3) is 5.91. The molecule has 100 valence electrons. The molecule has 18 heavy (non-hydrogen) atoms. The van der Waals surface area contributed by atoms with Crippen LogP contribution in [-0.2, 0) is 16.7 Å². The molecule has 2 amide bonds. The van der Waals surface area contributed by atoms with Crippen molar-refractivity contribution in [3.05, 3.63) is 16.4 Å². The van der Waals surface area contributed by atoms with Crippen molar-refractivity contribution in [3.63, 3.8) is 0 Å². The molecule has 0 bridgehead atoms. The highest BCUT2D eigenvalue weighted by molar-refractivity contribution is 7.84. The zero-order chi connectivity index (χ0) is 13.8. The van der Waals surface area contributed by atoms with Gasteiger partial charge in [-0.25, -0.2) is 19.5 Å². The molecule has 1 aromatic rings. The number of nitrogens with one attached hydrogen (secondary N) is 2. The zero-order valence-electron chi connectivity index (χ0n) is 8.59. The summed E-state index contributed by atoms with van der Waals surface area (Å²) in [5.41, 5.74) is 0. The van der Waals surface area contributed by atoms with E-state index in [1.54, 1.807) is 0 Å². The van der Waals surface area contributed by atoms with Crippen molar-refractivity contribution in [1.82, 2.24) is 25.0 Å². The Balaban J connectivity index is 2.44. The highest BCUT2D eigenvalue weighted by Crippen LogP contribution is 2.06. The Hall–Kier alpha value is -1.23. The summed E-state index contributed by atoms with van der Waals surface area (Å²) in [6, 6.07) is -1.08. The summed E-state index contributed by atoms with van der Waals surface area (Å²) in [6.07, 6.45) is 0.154. The van der Waals surface area contributed by atoms with Crippen molar-refractivity contribution in [2.24, 2.45) is 0 Å². The molecule has 0 fully saturated rings. The molecule has 0 saturated carbocycles. The van der Waals surface area contributed by atoms with Crippen LogP contribution in [0.5, 0.6) is 0 Å². The number of amides is 2. The second-order valence-electron chi connectivity index (χ2n) is 2.87. The van der Waals surface area contributed by atoms with Crippen molar-refractivity contribution in [3.8, 4) is 0 Å². The summed E-state index contributed by atoms with van der Waals surface area (Å²) < 4.78 is 30.2. The number of hydrogen-bond donors (Lipinski definition) is 3. The SMILES string of the molecule is O=C(NCCc1nc(Cl)nc(Cl)n1)NS(=O)(=O)O. The first-order chi connectivity index (χ1) is 8.26. The maximum atomic E-state index is 10.9. The monoisotopic (exact) mass is 315 g/mol. The second-order valence-corrected chi connectivity index (χ2v) is 4.70. The number of nitrogens with zero attached hydrogens (tertiary/aromatic N) is 3. The van der Waals surface area contributed by atoms with Crippen molar-refractivity contribution in [2.45, 2.75) is 6.42 Å². The molecule has 0 radical (unpaired) electrons. The molecule has 0 unspecified atom stereocenters. The van der Waals surface area contributed by atoms with Crippen LogP contribution in [0.1, 0.15) is 5.82 Å². The topological polar surface area (TPSA) is 134 Å². The summed E-state index contributed by atoms with van der Waals surface area (Å²) in [5.74, 6) is 0.229. The lowest BCUT2D eigenvalue weighted by molar-refractivity contribution is 0.245. The molecule has 0 aliphatic rings. The number of urea groups is 1. The molecule has 1 rings (SSSR count). The van der Waals surface area contributed by atoms with Gasteiger partial charge < -0.3 is 5.32 Å². The van der Waals surface area contributed by atoms with Crippen LogP contribution in [0.25, 0.3) is 0 Å². The van der Waals surface area contributed by atoms with Crippen LogP contribution in [-0.4, -0.2) is 40.5 Å². The average molecular weight is 316 g/mol. The number of hydrogen-bond acceptors (Lipinski definition) is 6. The maximum Gasteiger partial charge on any atom is 0.361 e. The molecular weight excluding hydrogens is 309 g/mol. The molecule has 1 heterocycles. The van der Waals surface area contributed by atoms with Gasteiger partial charge in [0.2, 0.25) is 10.6 Å². The van der Waals surface area contributed by atoms with Gasteiger partial charge in [0.05, 0.1) is 0 Å². The van der Waals surface area contributed by atoms with Crippen LogP contribution in [0.4, 0.5) is 4.79 Å². The fourth-order valence-electron chi connectivity index (χ4n) is 0.917. The van der Waals surface area contributed by atoms with Crippen LogP contribution in [0, 0.1) is 0 Å². The van der Waals surface area contributed by atoms with E-state index in [2.05, 4.69) is 20.3 Å². The third-order valence-corrected chi connectivity index (χ3v) is 2.26. The van der Waals surface area contributed by atoms with Crippen LogP contribution in [0.2, 0.25) is 10.6 Å². The Bertz CT molecular complexity index is 531. The van der Waals surface area contributed by atoms with Gasteiger partial charge in [-0.05, 0) is 23.2 Å². The van der Waals surface area contributed by atoms with Crippen LogP contribution in [0.15, 0.2) is 0 Å². The first kappa shape index (κ1) is 14.8. The molecule has 0 saturated heterocycles. The fraction of sp³-hybridized carbons (Fsp3) is 0.333. The van der Waals surface area contributed by atoms with E-state index < -0.39 is 16.3 Å². The molecule has 0 spiro atoms. The van der Waals surface area contributed by atoms with Crippen molar-refractivity contribution in [1.29, 1.82) is 0 Å². The van der Waals surface area contributed by atoms with Crippen molar-refractivity contribution >= 4 is 39.5 Å². The van der Waals surface area contributed by atoms with Gasteiger partial charge in [-0.15, -0.1) is 0 Å². The Kier molecular flexibility index (Phi) is 5.02. The Morgan fingerprint density at radius 1 is 1.22 bits per heavy atom. The highest BCUT2D eigenvalue weighted by Gasteiger charge is 2.09. The van der Waals surface area contributed by atoms with Crippen LogP contribution >= 0.6 is 23.2 Å². The Labute approximate surface area is 112 Å². The Morgan fingerprint density at radius 3 is 2.28 bits per heavy atom. The zero-order valence-corrected chi connectivity index (χ0v) is 10.9. The summed E-state index contributed by atoms with van der Waals surface area (Å²) in [4.78, 5) is 21.9. The van der Waals surface area contributed by atoms with Gasteiger partial charge in [0.1, 0.15) is 5.82 Å². The van der Waals surface area contributed by atoms with Gasteiger partial charge in [-0.1, -0.05) is 0 Å². The standard InChI is InChI=1S/C6H7Cl2N5O4S/c7-4-10-3(11-5(8)12-4)1-2-9-6(14)13-18(15,16)17/h1-2H2,(H2,9,13,14)(H,15,16,17). The predicted molar refractivity (Wildman–Crippen MR) is 61.6 cm³/mol. The third-order valence-electron chi connectivity index (χ3n) is 1.48. The first-order valence-corrected chi connectivity index (χ1v) is 6.55. The van der Waals surface area contributed by atoms with E-state index >= 15 is 0 Å². The molecule has 9 nitrogen and oxygen atoms in total. The molecule has 0 aliphatic carbocycles. The smallest absolute Gasteiger partial charge is 0.337 e. The summed E-state index contributed by atoms with van der Waals surface area (Å²) in [6.45, 7) is 0.0119. The van der Waals surface area contributed by atoms with Gasteiger partial charge in [0.25, 0.3) is 0 Å². The minimum absolute atomic E-state index is 0.0119. The maximum absolute atomic E-state index is 10.9. The minimum atomic E-state index is -4.58. The Morgan fingerprint density at radius 2 is 1.78 bits per heavy atom. The molecule has 0 atom stereocenters. The largest absolute Gasteiger partial charge is 0.361 e. The number of carbonyl (C=O) groups excluding carboxylic acids is 1. The quantitative estimate of drug-likeness (QED) is 0.656. The number of rotatable bonds is 4. The van der Waals surface area contributed by atoms with E-state index in [-0.39, 0.29) is 29.4 Å². The summed E-state index contributed by atoms with van der Waals surface area (Å²) >= 11 is 11.0. The molecular formula is C6H7Cl2N5O4S. The second kappa shape index (κ2) is 6.09. The summed E-state index contributed by atoms with van der Waals surface area (Å²) in [7, 11) is -4.58. The van der Waals surface area contributed by atoms with E-state index in [9.17, 15) is 13.2 Å². The van der Waals surface area contributed by atoms with Gasteiger partial charge in [0, 0.05) is 13.0 Å². The predicted octanol–water partition coefficient (Wildman–Crippen LogP) is -0.177. The average Bonchev–Trinajstić information content (AvgIpc) is 2.12. The molecule has 0 aliphatic heterocycles. The lowest BCUT2D eigenvalue weighted by Gasteiger charge is -2.04.